The zero-order valence-corrected chi connectivity index (χ0v) is 11.1. The van der Waals surface area contributed by atoms with Gasteiger partial charge in [-0.3, -0.25) is 4.79 Å². The quantitative estimate of drug-likeness (QED) is 0.669. The first-order chi connectivity index (χ1) is 9.22. The van der Waals surface area contributed by atoms with Gasteiger partial charge in [-0.15, -0.1) is 0 Å². The lowest BCUT2D eigenvalue weighted by Gasteiger charge is -1.98. The summed E-state index contributed by atoms with van der Waals surface area (Å²) in [6, 6.07) is 15.1. The fourth-order valence-electron chi connectivity index (χ4n) is 1.75. The molecule has 19 heavy (non-hydrogen) atoms. The molecule has 0 fully saturated rings. The number of Topliss-reactive ketones (excluding diaryl/α,β-unsaturated/α-hetero) is 1. The average molecular weight is 269 g/mol. The van der Waals surface area contributed by atoms with E-state index in [0.717, 1.165) is 16.0 Å². The van der Waals surface area contributed by atoms with Gasteiger partial charge >= 0.3 is 0 Å². The van der Waals surface area contributed by atoms with E-state index in [9.17, 15) is 4.79 Å². The molecule has 0 unspecified atom stereocenters. The molecule has 0 saturated heterocycles. The number of oxazole rings is 1. The Labute approximate surface area is 114 Å². The number of fused-ring (bicyclic) bond motifs is 1. The van der Waals surface area contributed by atoms with Crippen LogP contribution < -0.4 is 0 Å². The average Bonchev–Trinajstić information content (AvgIpc) is 2.81. The van der Waals surface area contributed by atoms with E-state index in [0.29, 0.717) is 10.8 Å². The number of hydrogen-bond acceptors (Lipinski definition) is 4. The van der Waals surface area contributed by atoms with Gasteiger partial charge in [0, 0.05) is 10.5 Å². The van der Waals surface area contributed by atoms with Crippen LogP contribution in [0.15, 0.2) is 63.1 Å². The van der Waals surface area contributed by atoms with E-state index in [-0.39, 0.29) is 5.78 Å². The topological polar surface area (TPSA) is 43.1 Å². The fraction of sp³-hybridized carbons (Fsp3) is 0.0667. The summed E-state index contributed by atoms with van der Waals surface area (Å²) in [6.45, 7) is 1.56. The summed E-state index contributed by atoms with van der Waals surface area (Å²) in [5.41, 5.74) is 2.35. The smallest absolute Gasteiger partial charge is 0.261 e. The summed E-state index contributed by atoms with van der Waals surface area (Å²) in [5, 5.41) is 0.608. The van der Waals surface area contributed by atoms with Crippen LogP contribution in [0.3, 0.4) is 0 Å². The van der Waals surface area contributed by atoms with E-state index in [1.807, 2.05) is 48.5 Å². The molecule has 0 aliphatic rings. The minimum atomic E-state index is 0.0680. The normalized spacial score (nSPS) is 10.8. The highest BCUT2D eigenvalue weighted by atomic mass is 32.2. The molecule has 3 nitrogen and oxygen atoms in total. The summed E-state index contributed by atoms with van der Waals surface area (Å²) in [6.07, 6.45) is 0. The van der Waals surface area contributed by atoms with Crippen LogP contribution in [0, 0.1) is 0 Å². The Bertz CT molecular complexity index is 698. The summed E-state index contributed by atoms with van der Waals surface area (Å²) < 4.78 is 5.63. The highest BCUT2D eigenvalue weighted by molar-refractivity contribution is 7.99. The molecule has 1 aromatic heterocycles. The van der Waals surface area contributed by atoms with Crippen molar-refractivity contribution in [3.63, 3.8) is 0 Å². The Morgan fingerprint density at radius 1 is 1.11 bits per heavy atom. The monoisotopic (exact) mass is 269 g/mol. The lowest BCUT2D eigenvalue weighted by molar-refractivity contribution is 0.101. The van der Waals surface area contributed by atoms with Crippen LogP contribution in [-0.4, -0.2) is 10.8 Å². The van der Waals surface area contributed by atoms with Crippen molar-refractivity contribution >= 4 is 28.6 Å². The number of carbonyl (C=O) groups excluding carboxylic acids is 1. The molecule has 0 aliphatic carbocycles. The van der Waals surface area contributed by atoms with Crippen molar-refractivity contribution in [1.29, 1.82) is 0 Å². The Morgan fingerprint density at radius 2 is 1.84 bits per heavy atom. The molecule has 0 atom stereocenters. The van der Waals surface area contributed by atoms with E-state index < -0.39 is 0 Å². The first-order valence-electron chi connectivity index (χ1n) is 5.87. The number of rotatable bonds is 3. The number of carbonyl (C=O) groups is 1. The van der Waals surface area contributed by atoms with Gasteiger partial charge in [0.2, 0.25) is 0 Å². The van der Waals surface area contributed by atoms with Crippen molar-refractivity contribution in [2.75, 3.05) is 0 Å². The van der Waals surface area contributed by atoms with E-state index in [1.165, 1.54) is 11.8 Å². The largest absolute Gasteiger partial charge is 0.431 e. The molecule has 94 valence electrons. The standard InChI is InChI=1S/C15H11NO2S/c1-10(17)11-6-8-12(9-7-11)19-15-16-13-4-2-3-5-14(13)18-15/h2-9H,1H3. The van der Waals surface area contributed by atoms with Gasteiger partial charge in [-0.1, -0.05) is 24.3 Å². The van der Waals surface area contributed by atoms with Crippen LogP contribution in [0.4, 0.5) is 0 Å². The van der Waals surface area contributed by atoms with Gasteiger partial charge in [-0.2, -0.15) is 0 Å². The second kappa shape index (κ2) is 4.90. The predicted molar refractivity (Wildman–Crippen MR) is 74.6 cm³/mol. The molecule has 0 bridgehead atoms. The molecule has 2 aromatic carbocycles. The zero-order chi connectivity index (χ0) is 13.2. The van der Waals surface area contributed by atoms with E-state index in [1.54, 1.807) is 6.92 Å². The Hall–Kier alpha value is -2.07. The number of benzene rings is 2. The molecular weight excluding hydrogens is 258 g/mol. The highest BCUT2D eigenvalue weighted by Gasteiger charge is 2.07. The number of hydrogen-bond donors (Lipinski definition) is 0. The highest BCUT2D eigenvalue weighted by Crippen LogP contribution is 2.29. The summed E-state index contributed by atoms with van der Waals surface area (Å²) in [4.78, 5) is 16.6. The predicted octanol–water partition coefficient (Wildman–Crippen LogP) is 4.18. The van der Waals surface area contributed by atoms with Gasteiger partial charge in [0.1, 0.15) is 5.52 Å². The van der Waals surface area contributed by atoms with Gasteiger partial charge < -0.3 is 4.42 Å². The molecule has 3 rings (SSSR count). The third-order valence-electron chi connectivity index (χ3n) is 2.74. The summed E-state index contributed by atoms with van der Waals surface area (Å²) in [5.74, 6) is 0.0680. The van der Waals surface area contributed by atoms with Crippen LogP contribution in [0.1, 0.15) is 17.3 Å². The van der Waals surface area contributed by atoms with Crippen LogP contribution in [0.2, 0.25) is 0 Å². The molecular formula is C15H11NO2S. The first-order valence-corrected chi connectivity index (χ1v) is 6.68. The van der Waals surface area contributed by atoms with Gasteiger partial charge in [0.25, 0.3) is 5.22 Å². The molecule has 1 heterocycles. The maximum atomic E-state index is 11.2. The van der Waals surface area contributed by atoms with Gasteiger partial charge in [-0.05, 0) is 43.0 Å². The second-order valence-electron chi connectivity index (χ2n) is 4.13. The van der Waals surface area contributed by atoms with Crippen LogP contribution in [0.5, 0.6) is 0 Å². The third kappa shape index (κ3) is 2.53. The minimum absolute atomic E-state index is 0.0680. The molecule has 0 aliphatic heterocycles. The van der Waals surface area contributed by atoms with Crippen molar-refractivity contribution in [2.24, 2.45) is 0 Å². The Morgan fingerprint density at radius 3 is 2.53 bits per heavy atom. The zero-order valence-electron chi connectivity index (χ0n) is 10.3. The minimum Gasteiger partial charge on any atom is -0.431 e. The van der Waals surface area contributed by atoms with Crippen molar-refractivity contribution in [1.82, 2.24) is 4.98 Å². The van der Waals surface area contributed by atoms with Crippen molar-refractivity contribution < 1.29 is 9.21 Å². The molecule has 0 saturated carbocycles. The van der Waals surface area contributed by atoms with Crippen LogP contribution in [-0.2, 0) is 0 Å². The number of ketones is 1. The maximum Gasteiger partial charge on any atom is 0.261 e. The molecule has 4 heteroatoms. The maximum absolute atomic E-state index is 11.2. The van der Waals surface area contributed by atoms with E-state index in [2.05, 4.69) is 4.98 Å². The van der Waals surface area contributed by atoms with Crippen LogP contribution >= 0.6 is 11.8 Å². The fourth-order valence-corrected chi connectivity index (χ4v) is 2.50. The lowest BCUT2D eigenvalue weighted by atomic mass is 10.2. The first kappa shape index (κ1) is 12.0. The van der Waals surface area contributed by atoms with Gasteiger partial charge in [0.15, 0.2) is 11.4 Å². The van der Waals surface area contributed by atoms with Crippen molar-refractivity contribution in [3.05, 3.63) is 54.1 Å². The van der Waals surface area contributed by atoms with Crippen molar-refractivity contribution in [3.8, 4) is 0 Å². The SMILES string of the molecule is CC(=O)c1ccc(Sc2nc3ccccc3o2)cc1. The number of aromatic nitrogens is 1. The number of nitrogens with zero attached hydrogens (tertiary/aromatic N) is 1. The molecule has 0 radical (unpaired) electrons. The number of para-hydroxylation sites is 2. The molecule has 0 N–H and O–H groups in total. The molecule has 0 amide bonds. The second-order valence-corrected chi connectivity index (χ2v) is 5.15. The lowest BCUT2D eigenvalue weighted by Crippen LogP contribution is -1.90. The van der Waals surface area contributed by atoms with Crippen LogP contribution in [0.25, 0.3) is 11.1 Å². The summed E-state index contributed by atoms with van der Waals surface area (Å²) >= 11 is 1.44. The third-order valence-corrected chi connectivity index (χ3v) is 3.60. The van der Waals surface area contributed by atoms with Gasteiger partial charge in [0.05, 0.1) is 0 Å². The van der Waals surface area contributed by atoms with E-state index >= 15 is 0 Å². The molecule has 0 spiro atoms. The summed E-state index contributed by atoms with van der Waals surface area (Å²) in [7, 11) is 0. The Kier molecular flexibility index (Phi) is 3.09. The van der Waals surface area contributed by atoms with Gasteiger partial charge in [-0.25, -0.2) is 4.98 Å². The van der Waals surface area contributed by atoms with Crippen molar-refractivity contribution in [2.45, 2.75) is 17.0 Å². The Balaban J connectivity index is 1.86. The van der Waals surface area contributed by atoms with E-state index in [4.69, 9.17) is 4.42 Å². The molecule has 3 aromatic rings.